The van der Waals surface area contributed by atoms with Crippen LogP contribution in [0, 0.1) is 0 Å². The number of aromatic nitrogens is 1. The van der Waals surface area contributed by atoms with E-state index in [4.69, 9.17) is 4.74 Å². The van der Waals surface area contributed by atoms with Crippen LogP contribution in [-0.2, 0) is 22.5 Å². The zero-order chi connectivity index (χ0) is 13.9. The molecule has 104 valence electrons. The van der Waals surface area contributed by atoms with Gasteiger partial charge in [0.2, 0.25) is 0 Å². The topological polar surface area (TPSA) is 42.4 Å². The Morgan fingerprint density at radius 1 is 1.50 bits per heavy atom. The van der Waals surface area contributed by atoms with Crippen molar-refractivity contribution in [3.8, 4) is 0 Å². The average molecular weight is 288 g/mol. The van der Waals surface area contributed by atoms with Crippen LogP contribution in [0.3, 0.4) is 0 Å². The number of esters is 1. The van der Waals surface area contributed by atoms with E-state index in [0.29, 0.717) is 0 Å². The predicted octanol–water partition coefficient (Wildman–Crippen LogP) is 2.42. The number of hydrogen-bond donors (Lipinski definition) is 0. The maximum Gasteiger partial charge on any atom is 0.327 e. The van der Waals surface area contributed by atoms with Crippen molar-refractivity contribution in [2.45, 2.75) is 19.0 Å². The van der Waals surface area contributed by atoms with Gasteiger partial charge in [0.05, 0.1) is 7.11 Å². The Balaban J connectivity index is 1.89. The van der Waals surface area contributed by atoms with Gasteiger partial charge in [-0.15, -0.1) is 11.3 Å². The van der Waals surface area contributed by atoms with E-state index in [2.05, 4.69) is 21.3 Å². The van der Waals surface area contributed by atoms with Crippen LogP contribution in [0.25, 0.3) is 0 Å². The van der Waals surface area contributed by atoms with Crippen molar-refractivity contribution in [1.29, 1.82) is 0 Å². The molecule has 20 heavy (non-hydrogen) atoms. The number of nitrogens with zero attached hydrogens (tertiary/aromatic N) is 2. The van der Waals surface area contributed by atoms with Gasteiger partial charge < -0.3 is 4.74 Å². The fraction of sp³-hybridized carbons (Fsp3) is 0.333. The van der Waals surface area contributed by atoms with E-state index in [1.54, 1.807) is 23.7 Å². The number of methoxy groups -OCH3 is 1. The number of rotatable bonds is 3. The molecule has 0 N–H and O–H groups in total. The normalized spacial score (nSPS) is 16.4. The van der Waals surface area contributed by atoms with E-state index in [1.165, 1.54) is 17.6 Å². The molecule has 5 heteroatoms. The highest BCUT2D eigenvalue weighted by atomic mass is 32.1. The predicted molar refractivity (Wildman–Crippen MR) is 77.4 cm³/mol. The van der Waals surface area contributed by atoms with Crippen LogP contribution in [0.5, 0.6) is 0 Å². The lowest BCUT2D eigenvalue weighted by Gasteiger charge is -2.32. The van der Waals surface area contributed by atoms with E-state index in [1.807, 2.05) is 12.1 Å². The van der Waals surface area contributed by atoms with Crippen LogP contribution in [0.4, 0.5) is 0 Å². The second-order valence-corrected chi connectivity index (χ2v) is 5.80. The molecular formula is C15H16N2O2S. The van der Waals surface area contributed by atoms with E-state index >= 15 is 0 Å². The highest BCUT2D eigenvalue weighted by Crippen LogP contribution is 2.30. The van der Waals surface area contributed by atoms with Gasteiger partial charge in [0.15, 0.2) is 0 Å². The summed E-state index contributed by atoms with van der Waals surface area (Å²) in [5.74, 6) is -0.225. The maximum atomic E-state index is 12.2. The number of fused-ring (bicyclic) bond motifs is 1. The van der Waals surface area contributed by atoms with Crippen LogP contribution in [0.1, 0.15) is 22.0 Å². The van der Waals surface area contributed by atoms with Crippen molar-refractivity contribution in [2.75, 3.05) is 13.7 Å². The third kappa shape index (κ3) is 2.46. The quantitative estimate of drug-likeness (QED) is 0.814. The first-order valence-corrected chi connectivity index (χ1v) is 7.44. The van der Waals surface area contributed by atoms with Gasteiger partial charge in [0.1, 0.15) is 6.04 Å². The van der Waals surface area contributed by atoms with Gasteiger partial charge in [-0.1, -0.05) is 6.07 Å². The third-order valence-electron chi connectivity index (χ3n) is 3.63. The van der Waals surface area contributed by atoms with Crippen molar-refractivity contribution >= 4 is 17.3 Å². The van der Waals surface area contributed by atoms with Crippen LogP contribution >= 0.6 is 11.3 Å². The Hall–Kier alpha value is -1.72. The van der Waals surface area contributed by atoms with Crippen molar-refractivity contribution in [3.63, 3.8) is 0 Å². The second-order valence-electron chi connectivity index (χ2n) is 4.80. The Morgan fingerprint density at radius 3 is 3.15 bits per heavy atom. The molecule has 1 atom stereocenters. The van der Waals surface area contributed by atoms with Gasteiger partial charge in [0, 0.05) is 30.4 Å². The summed E-state index contributed by atoms with van der Waals surface area (Å²) in [6.45, 7) is 1.65. The Kier molecular flexibility index (Phi) is 3.80. The minimum absolute atomic E-state index is 0.225. The molecule has 0 bridgehead atoms. The number of carbonyl (C=O) groups is 1. The molecular weight excluding hydrogens is 272 g/mol. The molecule has 4 nitrogen and oxygen atoms in total. The molecule has 0 aromatic carbocycles. The maximum absolute atomic E-state index is 12.2. The molecule has 3 heterocycles. The summed E-state index contributed by atoms with van der Waals surface area (Å²) >= 11 is 1.79. The largest absolute Gasteiger partial charge is 0.468 e. The second kappa shape index (κ2) is 5.73. The summed E-state index contributed by atoms with van der Waals surface area (Å²) in [6.07, 6.45) is 4.44. The summed E-state index contributed by atoms with van der Waals surface area (Å²) in [5, 5.41) is 2.12. The van der Waals surface area contributed by atoms with Crippen molar-refractivity contribution in [2.24, 2.45) is 0 Å². The lowest BCUT2D eigenvalue weighted by atomic mass is 10.0. The monoisotopic (exact) mass is 288 g/mol. The Labute approximate surface area is 122 Å². The minimum atomic E-state index is -0.373. The lowest BCUT2D eigenvalue weighted by Crippen LogP contribution is -2.38. The zero-order valence-electron chi connectivity index (χ0n) is 11.3. The number of thiophene rings is 1. The molecule has 2 aromatic heterocycles. The molecule has 0 spiro atoms. The standard InChI is InChI=1S/C15H16N2O2S/c1-19-15(18)14(11-3-2-6-16-9-11)17-7-4-13-12(10-17)5-8-20-13/h2-3,5-6,8-9,14H,4,7,10H2,1H3/t14-/m1/s1. The molecule has 0 saturated carbocycles. The van der Waals surface area contributed by atoms with Gasteiger partial charge >= 0.3 is 5.97 Å². The summed E-state index contributed by atoms with van der Waals surface area (Å²) in [7, 11) is 1.44. The summed E-state index contributed by atoms with van der Waals surface area (Å²) < 4.78 is 4.98. The number of carbonyl (C=O) groups excluding carboxylic acids is 1. The van der Waals surface area contributed by atoms with Gasteiger partial charge in [-0.05, 0) is 35.1 Å². The lowest BCUT2D eigenvalue weighted by molar-refractivity contribution is -0.147. The molecule has 3 rings (SSSR count). The smallest absolute Gasteiger partial charge is 0.327 e. The van der Waals surface area contributed by atoms with Crippen molar-refractivity contribution in [1.82, 2.24) is 9.88 Å². The molecule has 0 saturated heterocycles. The van der Waals surface area contributed by atoms with E-state index < -0.39 is 0 Å². The molecule has 0 fully saturated rings. The van der Waals surface area contributed by atoms with Crippen LogP contribution < -0.4 is 0 Å². The zero-order valence-corrected chi connectivity index (χ0v) is 12.1. The summed E-state index contributed by atoms with van der Waals surface area (Å²) in [6, 6.07) is 5.55. The molecule has 0 radical (unpaired) electrons. The third-order valence-corrected chi connectivity index (χ3v) is 4.65. The Morgan fingerprint density at radius 2 is 2.40 bits per heavy atom. The van der Waals surface area contributed by atoms with Gasteiger partial charge in [0.25, 0.3) is 0 Å². The first-order chi connectivity index (χ1) is 9.79. The molecule has 0 unspecified atom stereocenters. The highest BCUT2D eigenvalue weighted by Gasteiger charge is 2.31. The van der Waals surface area contributed by atoms with E-state index in [0.717, 1.165) is 25.1 Å². The first kappa shape index (κ1) is 13.3. The Bertz CT molecular complexity index is 597. The van der Waals surface area contributed by atoms with Crippen molar-refractivity contribution < 1.29 is 9.53 Å². The summed E-state index contributed by atoms with van der Waals surface area (Å²) in [4.78, 5) is 19.9. The highest BCUT2D eigenvalue weighted by molar-refractivity contribution is 7.10. The van der Waals surface area contributed by atoms with E-state index in [9.17, 15) is 4.79 Å². The van der Waals surface area contributed by atoms with Gasteiger partial charge in [-0.2, -0.15) is 0 Å². The fourth-order valence-corrected chi connectivity index (χ4v) is 3.53. The van der Waals surface area contributed by atoms with Crippen LogP contribution in [0.2, 0.25) is 0 Å². The molecule has 2 aromatic rings. The van der Waals surface area contributed by atoms with Gasteiger partial charge in [-0.25, -0.2) is 4.79 Å². The molecule has 0 amide bonds. The first-order valence-electron chi connectivity index (χ1n) is 6.56. The van der Waals surface area contributed by atoms with Gasteiger partial charge in [-0.3, -0.25) is 9.88 Å². The molecule has 0 aliphatic carbocycles. The van der Waals surface area contributed by atoms with E-state index in [-0.39, 0.29) is 12.0 Å². The van der Waals surface area contributed by atoms with Crippen LogP contribution in [-0.4, -0.2) is 29.5 Å². The molecule has 1 aliphatic heterocycles. The number of pyridine rings is 1. The molecule has 1 aliphatic rings. The average Bonchev–Trinajstić information content (AvgIpc) is 2.96. The minimum Gasteiger partial charge on any atom is -0.468 e. The SMILES string of the molecule is COC(=O)[C@@H](c1cccnc1)N1CCc2sccc2C1. The fourth-order valence-electron chi connectivity index (χ4n) is 2.64. The van der Waals surface area contributed by atoms with Crippen molar-refractivity contribution in [3.05, 3.63) is 52.0 Å². The number of hydrogen-bond acceptors (Lipinski definition) is 5. The summed E-state index contributed by atoms with van der Waals surface area (Å²) in [5.41, 5.74) is 2.21. The van der Waals surface area contributed by atoms with Crippen LogP contribution in [0.15, 0.2) is 36.0 Å². The number of ether oxygens (including phenoxy) is 1.